The van der Waals surface area contributed by atoms with Gasteiger partial charge in [0.1, 0.15) is 4.32 Å². The van der Waals surface area contributed by atoms with E-state index in [4.69, 9.17) is 12.2 Å². The van der Waals surface area contributed by atoms with E-state index in [1.165, 1.54) is 34.9 Å². The van der Waals surface area contributed by atoms with Crippen molar-refractivity contribution in [2.24, 2.45) is 0 Å². The molecule has 6 nitrogen and oxygen atoms in total. The molecule has 1 aliphatic heterocycles. The second kappa shape index (κ2) is 7.52. The summed E-state index contributed by atoms with van der Waals surface area (Å²) in [6.45, 7) is 1.47. The predicted molar refractivity (Wildman–Crippen MR) is 90.8 cm³/mol. The lowest BCUT2D eigenvalue weighted by atomic mass is 10.3. The van der Waals surface area contributed by atoms with Crippen LogP contribution in [0.4, 0.5) is 0 Å². The van der Waals surface area contributed by atoms with Crippen molar-refractivity contribution in [3.05, 3.63) is 27.3 Å². The minimum absolute atomic E-state index is 0.0546. The highest BCUT2D eigenvalue weighted by Crippen LogP contribution is 2.33. The van der Waals surface area contributed by atoms with Gasteiger partial charge < -0.3 is 0 Å². The summed E-state index contributed by atoms with van der Waals surface area (Å²) in [5, 5.41) is 1.93. The number of rotatable bonds is 4. The van der Waals surface area contributed by atoms with Crippen molar-refractivity contribution in [1.82, 2.24) is 15.8 Å². The number of nitrogens with zero attached hydrogens (tertiary/aromatic N) is 1. The monoisotopic (exact) mass is 355 g/mol. The molecule has 0 atom stereocenters. The third-order valence-corrected chi connectivity index (χ3v) is 4.83. The number of hydrogen-bond acceptors (Lipinski definition) is 6. The number of thioether (sulfide) groups is 1. The van der Waals surface area contributed by atoms with Crippen LogP contribution in [0.25, 0.3) is 6.08 Å². The van der Waals surface area contributed by atoms with Crippen LogP contribution in [-0.2, 0) is 14.4 Å². The first-order valence-electron chi connectivity index (χ1n) is 6.31. The lowest BCUT2D eigenvalue weighted by Crippen LogP contribution is -2.42. The molecule has 0 radical (unpaired) electrons. The predicted octanol–water partition coefficient (Wildman–Crippen LogP) is 1.51. The molecule has 0 unspecified atom stereocenters. The molecule has 1 aromatic heterocycles. The average molecular weight is 355 g/mol. The van der Waals surface area contributed by atoms with E-state index in [1.54, 1.807) is 6.08 Å². The van der Waals surface area contributed by atoms with Crippen molar-refractivity contribution in [2.45, 2.75) is 13.3 Å². The zero-order chi connectivity index (χ0) is 16.1. The Labute approximate surface area is 140 Å². The highest BCUT2D eigenvalue weighted by Gasteiger charge is 2.32. The molecule has 22 heavy (non-hydrogen) atoms. The second-order valence-electron chi connectivity index (χ2n) is 4.33. The molecule has 0 aliphatic carbocycles. The van der Waals surface area contributed by atoms with Gasteiger partial charge in [0.25, 0.3) is 5.91 Å². The largest absolute Gasteiger partial charge is 0.292 e. The molecule has 2 rings (SSSR count). The van der Waals surface area contributed by atoms with E-state index < -0.39 is 0 Å². The van der Waals surface area contributed by atoms with Gasteiger partial charge >= 0.3 is 0 Å². The number of carbonyl (C=O) groups excluding carboxylic acids is 3. The molecule has 0 aromatic carbocycles. The van der Waals surface area contributed by atoms with Crippen molar-refractivity contribution in [3.8, 4) is 0 Å². The normalized spacial score (nSPS) is 16.2. The first-order valence-corrected chi connectivity index (χ1v) is 8.42. The highest BCUT2D eigenvalue weighted by atomic mass is 32.2. The van der Waals surface area contributed by atoms with Crippen molar-refractivity contribution < 1.29 is 14.4 Å². The van der Waals surface area contributed by atoms with Gasteiger partial charge in [0.15, 0.2) is 0 Å². The standard InChI is InChI=1S/C13H13N3O3S3/c1-8(17)14-15-11(18)4-5-16-12(19)10(22-13(16)20)7-9-3-2-6-21-9/h2-3,6-7H,4-5H2,1H3,(H,14,17)(H,15,18)/b10-7-. The smallest absolute Gasteiger partial charge is 0.266 e. The topological polar surface area (TPSA) is 78.5 Å². The van der Waals surface area contributed by atoms with Gasteiger partial charge in [0.05, 0.1) is 4.91 Å². The van der Waals surface area contributed by atoms with Gasteiger partial charge in [-0.1, -0.05) is 30.0 Å². The van der Waals surface area contributed by atoms with Crippen LogP contribution in [0, 0.1) is 0 Å². The van der Waals surface area contributed by atoms with Crippen molar-refractivity contribution >= 4 is 63.4 Å². The van der Waals surface area contributed by atoms with Crippen LogP contribution >= 0.6 is 35.3 Å². The summed E-state index contributed by atoms with van der Waals surface area (Å²) in [4.78, 5) is 37.4. The summed E-state index contributed by atoms with van der Waals surface area (Å²) in [6.07, 6.45) is 1.85. The Morgan fingerprint density at radius 3 is 2.82 bits per heavy atom. The fraction of sp³-hybridized carbons (Fsp3) is 0.231. The van der Waals surface area contributed by atoms with E-state index >= 15 is 0 Å². The molecule has 1 aliphatic rings. The number of thiocarbonyl (C=S) groups is 1. The summed E-state index contributed by atoms with van der Waals surface area (Å²) >= 11 is 7.94. The number of amides is 3. The summed E-state index contributed by atoms with van der Waals surface area (Å²) < 4.78 is 0.431. The van der Waals surface area contributed by atoms with Crippen molar-refractivity contribution in [3.63, 3.8) is 0 Å². The molecule has 2 N–H and O–H groups in total. The lowest BCUT2D eigenvalue weighted by molar-refractivity contribution is -0.128. The summed E-state index contributed by atoms with van der Waals surface area (Å²) in [6, 6.07) is 3.82. The molecule has 0 spiro atoms. The van der Waals surface area contributed by atoms with E-state index in [0.29, 0.717) is 9.23 Å². The Balaban J connectivity index is 1.92. The van der Waals surface area contributed by atoms with Crippen LogP contribution in [0.2, 0.25) is 0 Å². The molecule has 116 valence electrons. The molecule has 1 saturated heterocycles. The van der Waals surface area contributed by atoms with E-state index in [1.807, 2.05) is 17.5 Å². The Bertz CT molecular complexity index is 640. The minimum atomic E-state index is -0.383. The Morgan fingerprint density at radius 1 is 1.41 bits per heavy atom. The van der Waals surface area contributed by atoms with Crippen LogP contribution in [-0.4, -0.2) is 33.5 Å². The van der Waals surface area contributed by atoms with Gasteiger partial charge in [-0.2, -0.15) is 0 Å². The Hall–Kier alpha value is -1.71. The summed E-state index contributed by atoms with van der Waals surface area (Å²) in [5.74, 6) is -0.944. The number of hydrogen-bond donors (Lipinski definition) is 2. The first kappa shape index (κ1) is 16.7. The number of nitrogens with one attached hydrogen (secondary N) is 2. The Morgan fingerprint density at radius 2 is 2.18 bits per heavy atom. The van der Waals surface area contributed by atoms with Gasteiger partial charge in [-0.3, -0.25) is 30.1 Å². The molecular weight excluding hydrogens is 342 g/mol. The van der Waals surface area contributed by atoms with Gasteiger partial charge in [-0.25, -0.2) is 0 Å². The fourth-order valence-electron chi connectivity index (χ4n) is 1.63. The number of carbonyl (C=O) groups is 3. The lowest BCUT2D eigenvalue weighted by Gasteiger charge is -2.14. The van der Waals surface area contributed by atoms with Crippen LogP contribution in [0.5, 0.6) is 0 Å². The minimum Gasteiger partial charge on any atom is -0.292 e. The molecule has 2 heterocycles. The van der Waals surface area contributed by atoms with E-state index in [9.17, 15) is 14.4 Å². The number of hydrazine groups is 1. The maximum atomic E-state index is 12.3. The quantitative estimate of drug-likeness (QED) is 0.486. The second-order valence-corrected chi connectivity index (χ2v) is 6.98. The van der Waals surface area contributed by atoms with Crippen LogP contribution in [0.1, 0.15) is 18.2 Å². The van der Waals surface area contributed by atoms with E-state index in [0.717, 1.165) is 4.88 Å². The van der Waals surface area contributed by atoms with Gasteiger partial charge in [0, 0.05) is 24.8 Å². The molecule has 0 bridgehead atoms. The first-order chi connectivity index (χ1) is 10.5. The van der Waals surface area contributed by atoms with Gasteiger partial charge in [0.2, 0.25) is 11.8 Å². The van der Waals surface area contributed by atoms with Crippen molar-refractivity contribution in [2.75, 3.05) is 6.54 Å². The maximum Gasteiger partial charge on any atom is 0.266 e. The Kier molecular flexibility index (Phi) is 5.69. The van der Waals surface area contributed by atoms with E-state index in [-0.39, 0.29) is 30.7 Å². The van der Waals surface area contributed by atoms with Gasteiger partial charge in [-0.15, -0.1) is 11.3 Å². The molecular formula is C13H13N3O3S3. The average Bonchev–Trinajstić information content (AvgIpc) is 3.05. The number of thiophene rings is 1. The molecule has 1 aromatic rings. The SMILES string of the molecule is CC(=O)NNC(=O)CCN1C(=O)/C(=C/c2cccs2)SC1=S. The molecule has 1 fully saturated rings. The fourth-order valence-corrected chi connectivity index (χ4v) is 3.66. The zero-order valence-corrected chi connectivity index (χ0v) is 14.1. The van der Waals surface area contributed by atoms with Crippen LogP contribution in [0.15, 0.2) is 22.4 Å². The van der Waals surface area contributed by atoms with Gasteiger partial charge in [-0.05, 0) is 17.5 Å². The summed E-state index contributed by atoms with van der Waals surface area (Å²) in [5.41, 5.74) is 4.44. The molecule has 9 heteroatoms. The highest BCUT2D eigenvalue weighted by molar-refractivity contribution is 8.26. The maximum absolute atomic E-state index is 12.3. The third kappa shape index (κ3) is 4.39. The molecule has 3 amide bonds. The van der Waals surface area contributed by atoms with Crippen LogP contribution in [0.3, 0.4) is 0 Å². The van der Waals surface area contributed by atoms with E-state index in [2.05, 4.69) is 10.9 Å². The van der Waals surface area contributed by atoms with Crippen LogP contribution < -0.4 is 10.9 Å². The summed E-state index contributed by atoms with van der Waals surface area (Å²) in [7, 11) is 0. The third-order valence-electron chi connectivity index (χ3n) is 2.63. The molecule has 0 saturated carbocycles. The van der Waals surface area contributed by atoms with Crippen molar-refractivity contribution in [1.29, 1.82) is 0 Å². The zero-order valence-electron chi connectivity index (χ0n) is 11.6.